The van der Waals surface area contributed by atoms with Gasteiger partial charge in [0.1, 0.15) is 5.82 Å². The number of imidazole rings is 1. The van der Waals surface area contributed by atoms with E-state index in [-0.39, 0.29) is 6.04 Å². The van der Waals surface area contributed by atoms with E-state index in [2.05, 4.69) is 9.55 Å². The lowest BCUT2D eigenvalue weighted by atomic mass is 10.1. The Kier molecular flexibility index (Phi) is 3.06. The minimum atomic E-state index is 0.185. The molecule has 3 nitrogen and oxygen atoms in total. The summed E-state index contributed by atoms with van der Waals surface area (Å²) in [7, 11) is 0. The van der Waals surface area contributed by atoms with Crippen molar-refractivity contribution in [3.05, 3.63) is 40.1 Å². The number of aromatic nitrogens is 2. The van der Waals surface area contributed by atoms with Gasteiger partial charge >= 0.3 is 0 Å². The van der Waals surface area contributed by atoms with Crippen molar-refractivity contribution in [1.29, 1.82) is 0 Å². The molecule has 94 valence electrons. The molecule has 0 bridgehead atoms. The molecule has 0 fully saturated rings. The number of hydrogen-bond donors (Lipinski definition) is 1. The van der Waals surface area contributed by atoms with E-state index in [4.69, 9.17) is 28.9 Å². The highest BCUT2D eigenvalue weighted by atomic mass is 35.5. The number of nitrogens with two attached hydrogens (primary N) is 1. The van der Waals surface area contributed by atoms with Crippen molar-refractivity contribution in [3.63, 3.8) is 0 Å². The molecular weight excluding hydrogens is 269 g/mol. The van der Waals surface area contributed by atoms with Crippen molar-refractivity contribution in [2.24, 2.45) is 5.73 Å². The number of fused-ring (bicyclic) bond motifs is 1. The smallest absolute Gasteiger partial charge is 0.151 e. The van der Waals surface area contributed by atoms with E-state index in [1.54, 1.807) is 0 Å². The van der Waals surface area contributed by atoms with Crippen LogP contribution in [0.25, 0.3) is 11.4 Å². The van der Waals surface area contributed by atoms with Crippen LogP contribution in [0.15, 0.2) is 24.3 Å². The third kappa shape index (κ3) is 2.03. The summed E-state index contributed by atoms with van der Waals surface area (Å²) in [6, 6.07) is 7.83. The lowest BCUT2D eigenvalue weighted by molar-refractivity contribution is 0.475. The largest absolute Gasteiger partial charge is 0.327 e. The summed E-state index contributed by atoms with van der Waals surface area (Å²) in [6.45, 7) is 0.869. The second-order valence-electron chi connectivity index (χ2n) is 4.58. The van der Waals surface area contributed by atoms with Gasteiger partial charge in [0.25, 0.3) is 0 Å². The number of hydrogen-bond acceptors (Lipinski definition) is 2. The van der Waals surface area contributed by atoms with Crippen LogP contribution in [0.4, 0.5) is 0 Å². The van der Waals surface area contributed by atoms with Crippen molar-refractivity contribution >= 4 is 23.2 Å². The summed E-state index contributed by atoms with van der Waals surface area (Å²) in [5, 5.41) is 1.28. The van der Waals surface area contributed by atoms with Crippen LogP contribution in [-0.2, 0) is 13.0 Å². The molecule has 1 aromatic carbocycles. The van der Waals surface area contributed by atoms with Crippen molar-refractivity contribution in [2.75, 3.05) is 0 Å². The highest BCUT2D eigenvalue weighted by Gasteiger charge is 2.23. The van der Waals surface area contributed by atoms with Gasteiger partial charge in [0.2, 0.25) is 0 Å². The second-order valence-corrected chi connectivity index (χ2v) is 5.38. The van der Waals surface area contributed by atoms with Crippen LogP contribution in [-0.4, -0.2) is 15.6 Å². The van der Waals surface area contributed by atoms with Crippen LogP contribution in [0.1, 0.15) is 12.1 Å². The topological polar surface area (TPSA) is 43.8 Å². The first-order valence-corrected chi connectivity index (χ1v) is 6.67. The predicted octanol–water partition coefficient (Wildman–Crippen LogP) is 3.13. The Morgan fingerprint density at radius 3 is 2.67 bits per heavy atom. The minimum absolute atomic E-state index is 0.185. The molecule has 0 saturated heterocycles. The maximum Gasteiger partial charge on any atom is 0.151 e. The van der Waals surface area contributed by atoms with Crippen LogP contribution in [0.3, 0.4) is 0 Å². The van der Waals surface area contributed by atoms with E-state index in [9.17, 15) is 0 Å². The molecule has 0 spiro atoms. The van der Waals surface area contributed by atoms with E-state index in [1.807, 2.05) is 24.3 Å². The molecule has 0 aliphatic carbocycles. The van der Waals surface area contributed by atoms with Crippen molar-refractivity contribution in [1.82, 2.24) is 9.55 Å². The third-order valence-corrected chi connectivity index (χ3v) is 3.86. The molecule has 1 unspecified atom stereocenters. The fraction of sp³-hybridized carbons (Fsp3) is 0.308. The normalized spacial score (nSPS) is 18.7. The fourth-order valence-corrected chi connectivity index (χ4v) is 2.74. The maximum absolute atomic E-state index is 6.20. The molecule has 1 aliphatic rings. The Bertz CT molecular complexity index is 575. The predicted molar refractivity (Wildman–Crippen MR) is 74.0 cm³/mol. The van der Waals surface area contributed by atoms with Gasteiger partial charge in [-0.3, -0.25) is 0 Å². The average molecular weight is 282 g/mol. The van der Waals surface area contributed by atoms with E-state index >= 15 is 0 Å². The molecule has 1 aliphatic heterocycles. The lowest BCUT2D eigenvalue weighted by Gasteiger charge is -2.22. The molecular formula is C13H13Cl2N3. The second kappa shape index (κ2) is 4.57. The highest BCUT2D eigenvalue weighted by Crippen LogP contribution is 2.30. The van der Waals surface area contributed by atoms with Gasteiger partial charge in [-0.15, -0.1) is 0 Å². The third-order valence-electron chi connectivity index (χ3n) is 3.31. The summed E-state index contributed by atoms with van der Waals surface area (Å²) >= 11 is 12.1. The quantitative estimate of drug-likeness (QED) is 0.873. The van der Waals surface area contributed by atoms with E-state index in [1.165, 1.54) is 0 Å². The molecule has 3 rings (SSSR count). The monoisotopic (exact) mass is 281 g/mol. The van der Waals surface area contributed by atoms with Gasteiger partial charge in [0, 0.05) is 29.6 Å². The van der Waals surface area contributed by atoms with Gasteiger partial charge in [-0.05, 0) is 30.7 Å². The van der Waals surface area contributed by atoms with Gasteiger partial charge < -0.3 is 10.3 Å². The number of rotatable bonds is 1. The first kappa shape index (κ1) is 12.0. The Balaban J connectivity index is 2.08. The van der Waals surface area contributed by atoms with Gasteiger partial charge in [-0.2, -0.15) is 0 Å². The zero-order valence-electron chi connectivity index (χ0n) is 9.74. The Labute approximate surface area is 116 Å². The lowest BCUT2D eigenvalue weighted by Crippen LogP contribution is -2.30. The van der Waals surface area contributed by atoms with Crippen LogP contribution in [0, 0.1) is 0 Å². The van der Waals surface area contributed by atoms with E-state index in [0.29, 0.717) is 5.15 Å². The first-order chi connectivity index (χ1) is 8.65. The van der Waals surface area contributed by atoms with Gasteiger partial charge in [0.05, 0.1) is 5.69 Å². The zero-order chi connectivity index (χ0) is 12.7. The van der Waals surface area contributed by atoms with Crippen LogP contribution in [0.5, 0.6) is 0 Å². The van der Waals surface area contributed by atoms with E-state index < -0.39 is 0 Å². The van der Waals surface area contributed by atoms with Gasteiger partial charge in [-0.1, -0.05) is 23.2 Å². The molecule has 2 aromatic rings. The Morgan fingerprint density at radius 1 is 1.22 bits per heavy atom. The fourth-order valence-electron chi connectivity index (χ4n) is 2.36. The molecule has 1 atom stereocenters. The van der Waals surface area contributed by atoms with Crippen LogP contribution < -0.4 is 5.73 Å². The van der Waals surface area contributed by atoms with Gasteiger partial charge in [-0.25, -0.2) is 4.98 Å². The number of halogens is 2. The van der Waals surface area contributed by atoms with Crippen molar-refractivity contribution in [3.8, 4) is 11.4 Å². The molecule has 0 saturated carbocycles. The summed E-state index contributed by atoms with van der Waals surface area (Å²) in [5.41, 5.74) is 8.04. The molecule has 0 amide bonds. The molecule has 2 heterocycles. The first-order valence-electron chi connectivity index (χ1n) is 5.91. The average Bonchev–Trinajstić information content (AvgIpc) is 2.68. The number of benzene rings is 1. The van der Waals surface area contributed by atoms with Gasteiger partial charge in [0.15, 0.2) is 5.15 Å². The van der Waals surface area contributed by atoms with E-state index in [0.717, 1.165) is 41.5 Å². The highest BCUT2D eigenvalue weighted by molar-refractivity contribution is 6.30. The summed E-state index contributed by atoms with van der Waals surface area (Å²) < 4.78 is 2.16. The van der Waals surface area contributed by atoms with Crippen LogP contribution in [0.2, 0.25) is 10.2 Å². The molecule has 1 aromatic heterocycles. The summed E-state index contributed by atoms with van der Waals surface area (Å²) in [6.07, 6.45) is 1.75. The minimum Gasteiger partial charge on any atom is -0.327 e. The maximum atomic E-state index is 6.20. The molecule has 2 N–H and O–H groups in total. The molecule has 0 radical (unpaired) electrons. The van der Waals surface area contributed by atoms with Crippen LogP contribution >= 0.6 is 23.2 Å². The van der Waals surface area contributed by atoms with Crippen molar-refractivity contribution < 1.29 is 0 Å². The Hall–Kier alpha value is -1.03. The van der Waals surface area contributed by atoms with Crippen molar-refractivity contribution in [2.45, 2.75) is 25.4 Å². The SMILES string of the molecule is NC1CCn2c(-c3ccc(Cl)cc3)nc(Cl)c2C1. The number of nitrogens with zero attached hydrogens (tertiary/aromatic N) is 2. The summed E-state index contributed by atoms with van der Waals surface area (Å²) in [5.74, 6) is 0.901. The Morgan fingerprint density at radius 2 is 1.94 bits per heavy atom. The zero-order valence-corrected chi connectivity index (χ0v) is 11.2. The summed E-state index contributed by atoms with van der Waals surface area (Å²) in [4.78, 5) is 4.46. The molecule has 18 heavy (non-hydrogen) atoms. The standard InChI is InChI=1S/C13H13Cl2N3/c14-9-3-1-8(2-4-9)13-17-12(15)11-7-10(16)5-6-18(11)13/h1-4,10H,5-7,16H2. The molecule has 5 heteroatoms.